The Hall–Kier alpha value is -3.66. The summed E-state index contributed by atoms with van der Waals surface area (Å²) in [6.45, 7) is 1.69. The third-order valence-electron chi connectivity index (χ3n) is 6.57. The van der Waals surface area contributed by atoms with E-state index >= 15 is 0 Å². The summed E-state index contributed by atoms with van der Waals surface area (Å²) < 4.78 is 0. The van der Waals surface area contributed by atoms with Gasteiger partial charge < -0.3 is 31.0 Å². The minimum Gasteiger partial charge on any atom is -0.508 e. The van der Waals surface area contributed by atoms with Gasteiger partial charge in [-0.1, -0.05) is 5.16 Å². The number of ketones is 2. The molecule has 1 aromatic carbocycles. The highest BCUT2D eigenvalue weighted by molar-refractivity contribution is 6.22. The average Bonchev–Trinajstić information content (AvgIpc) is 2.70. The number of primary amides is 1. The van der Waals surface area contributed by atoms with Crippen LogP contribution < -0.4 is 5.73 Å². The molecule has 10 nitrogen and oxygen atoms in total. The molecule has 0 heterocycles. The van der Waals surface area contributed by atoms with Gasteiger partial charge in [0.1, 0.15) is 30.0 Å². The summed E-state index contributed by atoms with van der Waals surface area (Å²) in [5, 5.41) is 47.1. The summed E-state index contributed by atoms with van der Waals surface area (Å²) in [6.07, 6.45) is -0.0911. The van der Waals surface area contributed by atoms with Crippen molar-refractivity contribution in [3.8, 4) is 5.75 Å². The lowest BCUT2D eigenvalue weighted by Gasteiger charge is -2.46. The van der Waals surface area contributed by atoms with Gasteiger partial charge in [0.2, 0.25) is 5.78 Å². The molecule has 0 spiro atoms. The second-order valence-corrected chi connectivity index (χ2v) is 8.25. The van der Waals surface area contributed by atoms with Crippen LogP contribution >= 0.6 is 0 Å². The van der Waals surface area contributed by atoms with Gasteiger partial charge in [-0.25, -0.2) is 0 Å². The number of Topliss-reactive ketones (excluding diaryl/α,β-unsaturated/α-hetero) is 2. The Morgan fingerprint density at radius 2 is 1.91 bits per heavy atom. The molecule has 0 aromatic heterocycles. The van der Waals surface area contributed by atoms with Gasteiger partial charge in [-0.2, -0.15) is 0 Å². The molecule has 1 amide bonds. The lowest BCUT2D eigenvalue weighted by molar-refractivity contribution is -0.147. The molecule has 4 rings (SSSR count). The van der Waals surface area contributed by atoms with E-state index in [-0.39, 0.29) is 36.1 Å². The maximum absolute atomic E-state index is 13.4. The van der Waals surface area contributed by atoms with Crippen LogP contribution in [0, 0.1) is 11.8 Å². The van der Waals surface area contributed by atoms with E-state index in [2.05, 4.69) is 5.16 Å². The summed E-state index contributed by atoms with van der Waals surface area (Å²) >= 11 is 0. The molecule has 0 bridgehead atoms. The average molecular weight is 442 g/mol. The van der Waals surface area contributed by atoms with Crippen molar-refractivity contribution in [3.05, 3.63) is 45.7 Å². The van der Waals surface area contributed by atoms with Crippen molar-refractivity contribution in [2.75, 3.05) is 7.11 Å². The van der Waals surface area contributed by atoms with Crippen LogP contribution in [0.2, 0.25) is 0 Å². The standard InChI is InChI=1S/C22H22N2O8/c1-8(24-32-2)11-3-4-13(25)16-12(11)6-9-5-10-7-14(26)17(21(23)30)20(29)22(10,31)19(28)15(9)18(16)27/h3-4,9-10,25,27,29,31H,5-7H2,1-2H3,(H2,23,30)/b24-8-/t9-,10+,22+/m1/s1. The first kappa shape index (κ1) is 21.6. The van der Waals surface area contributed by atoms with Gasteiger partial charge in [-0.05, 0) is 43.4 Å². The zero-order valence-electron chi connectivity index (χ0n) is 17.4. The van der Waals surface area contributed by atoms with Crippen molar-refractivity contribution in [1.29, 1.82) is 0 Å². The number of carbonyl (C=O) groups excluding carboxylic acids is 3. The number of fused-ring (bicyclic) bond motifs is 3. The van der Waals surface area contributed by atoms with Crippen molar-refractivity contribution in [3.63, 3.8) is 0 Å². The highest BCUT2D eigenvalue weighted by Crippen LogP contribution is 2.52. The topological polar surface area (TPSA) is 180 Å². The van der Waals surface area contributed by atoms with Gasteiger partial charge in [-0.3, -0.25) is 14.4 Å². The molecule has 0 radical (unpaired) electrons. The second kappa shape index (κ2) is 7.20. The molecule has 1 saturated carbocycles. The third-order valence-corrected chi connectivity index (χ3v) is 6.57. The molecule has 10 heteroatoms. The fourth-order valence-corrected chi connectivity index (χ4v) is 5.15. The van der Waals surface area contributed by atoms with Crippen molar-refractivity contribution < 1.29 is 39.6 Å². The van der Waals surface area contributed by atoms with E-state index < -0.39 is 52.0 Å². The van der Waals surface area contributed by atoms with Crippen molar-refractivity contribution >= 4 is 28.9 Å². The maximum atomic E-state index is 13.4. The van der Waals surface area contributed by atoms with Crippen LogP contribution in [0.4, 0.5) is 0 Å². The van der Waals surface area contributed by atoms with Crippen LogP contribution in [0.3, 0.4) is 0 Å². The lowest BCUT2D eigenvalue weighted by atomic mass is 9.59. The number of nitrogens with two attached hydrogens (primary N) is 1. The van der Waals surface area contributed by atoms with Crippen molar-refractivity contribution in [2.45, 2.75) is 31.8 Å². The summed E-state index contributed by atoms with van der Waals surface area (Å²) in [7, 11) is 1.38. The van der Waals surface area contributed by atoms with Crippen molar-refractivity contribution in [1.82, 2.24) is 0 Å². The van der Waals surface area contributed by atoms with Crippen LogP contribution in [0.1, 0.15) is 36.5 Å². The van der Waals surface area contributed by atoms with Crippen LogP contribution in [0.15, 0.2) is 34.2 Å². The molecule has 0 aliphatic heterocycles. The minimum absolute atomic E-state index is 0.0142. The molecule has 3 aliphatic rings. The number of benzene rings is 1. The predicted molar refractivity (Wildman–Crippen MR) is 111 cm³/mol. The van der Waals surface area contributed by atoms with E-state index in [1.165, 1.54) is 13.2 Å². The fraction of sp³-hybridized carbons (Fsp3) is 0.364. The number of hydrogen-bond donors (Lipinski definition) is 5. The van der Waals surface area contributed by atoms with E-state index in [4.69, 9.17) is 10.6 Å². The molecule has 1 aromatic rings. The molecule has 0 unspecified atom stereocenters. The van der Waals surface area contributed by atoms with Crippen molar-refractivity contribution in [2.24, 2.45) is 22.7 Å². The highest BCUT2D eigenvalue weighted by atomic mass is 16.6. The van der Waals surface area contributed by atoms with Gasteiger partial charge in [0.25, 0.3) is 5.91 Å². The number of amides is 1. The van der Waals surface area contributed by atoms with Crippen LogP contribution in [0.25, 0.3) is 5.76 Å². The Morgan fingerprint density at radius 1 is 1.22 bits per heavy atom. The van der Waals surface area contributed by atoms with Gasteiger partial charge in [-0.15, -0.1) is 0 Å². The second-order valence-electron chi connectivity index (χ2n) is 8.25. The Bertz CT molecular complexity index is 1180. The van der Waals surface area contributed by atoms with E-state index in [0.29, 0.717) is 16.8 Å². The number of aromatic hydroxyl groups is 1. The Balaban J connectivity index is 1.94. The summed E-state index contributed by atoms with van der Waals surface area (Å²) in [5.74, 6) is -6.57. The van der Waals surface area contributed by atoms with E-state index in [0.717, 1.165) is 0 Å². The lowest BCUT2D eigenvalue weighted by Crippen LogP contribution is -2.58. The smallest absolute Gasteiger partial charge is 0.255 e. The van der Waals surface area contributed by atoms with Gasteiger partial charge in [0.15, 0.2) is 11.4 Å². The molecular formula is C22H22N2O8. The summed E-state index contributed by atoms with van der Waals surface area (Å²) in [4.78, 5) is 42.2. The predicted octanol–water partition coefficient (Wildman–Crippen LogP) is 0.794. The first-order valence-electron chi connectivity index (χ1n) is 9.94. The Kier molecular flexibility index (Phi) is 4.85. The molecule has 32 heavy (non-hydrogen) atoms. The number of hydrogen-bond acceptors (Lipinski definition) is 9. The van der Waals surface area contributed by atoms with Crippen LogP contribution in [-0.4, -0.2) is 56.3 Å². The largest absolute Gasteiger partial charge is 0.508 e. The van der Waals surface area contributed by atoms with E-state index in [1.807, 2.05) is 0 Å². The molecule has 3 aliphatic carbocycles. The Labute approximate surface area is 182 Å². The van der Waals surface area contributed by atoms with Gasteiger partial charge >= 0.3 is 0 Å². The summed E-state index contributed by atoms with van der Waals surface area (Å²) in [5.41, 5.74) is 3.22. The number of rotatable bonds is 3. The molecule has 1 fully saturated rings. The number of aliphatic hydroxyl groups excluding tert-OH is 2. The first-order valence-corrected chi connectivity index (χ1v) is 9.94. The third kappa shape index (κ3) is 2.76. The van der Waals surface area contributed by atoms with Gasteiger partial charge in [0, 0.05) is 23.5 Å². The van der Waals surface area contributed by atoms with Crippen LogP contribution in [-0.2, 0) is 25.6 Å². The normalized spacial score (nSPS) is 27.7. The molecule has 3 atom stereocenters. The number of oxime groups is 1. The SMILES string of the molecule is CO/N=C(/C)c1ccc(O)c2c1C[C@H]1C[C@H]3CC(=O)C(C(N)=O)=C(O)[C@@]3(O)C(=O)C1=C2O. The number of aliphatic hydroxyl groups is 3. The molecular weight excluding hydrogens is 420 g/mol. The van der Waals surface area contributed by atoms with E-state index in [9.17, 15) is 34.8 Å². The first-order chi connectivity index (χ1) is 15.0. The number of nitrogens with zero attached hydrogens (tertiary/aromatic N) is 1. The van der Waals surface area contributed by atoms with Gasteiger partial charge in [0.05, 0.1) is 11.3 Å². The maximum Gasteiger partial charge on any atom is 0.255 e. The number of phenolic OH excluding ortho intramolecular Hbond substituents is 1. The zero-order chi connectivity index (χ0) is 23.5. The zero-order valence-corrected chi connectivity index (χ0v) is 17.4. The Morgan fingerprint density at radius 3 is 2.53 bits per heavy atom. The number of carbonyl (C=O) groups is 3. The summed E-state index contributed by atoms with van der Waals surface area (Å²) in [6, 6.07) is 2.95. The molecule has 168 valence electrons. The number of phenols is 1. The molecule has 0 saturated heterocycles. The minimum atomic E-state index is -2.57. The van der Waals surface area contributed by atoms with Crippen LogP contribution in [0.5, 0.6) is 5.75 Å². The quantitative estimate of drug-likeness (QED) is 0.259. The van der Waals surface area contributed by atoms with E-state index in [1.54, 1.807) is 13.0 Å². The highest BCUT2D eigenvalue weighted by Gasteiger charge is 2.60. The molecule has 6 N–H and O–H groups in total. The fourth-order valence-electron chi connectivity index (χ4n) is 5.15. The monoisotopic (exact) mass is 442 g/mol.